The summed E-state index contributed by atoms with van der Waals surface area (Å²) in [6.45, 7) is 17.8. The lowest BCUT2D eigenvalue weighted by atomic mass is 10.0. The summed E-state index contributed by atoms with van der Waals surface area (Å²) >= 11 is 2.95. The van der Waals surface area contributed by atoms with Gasteiger partial charge in [0.15, 0.2) is 0 Å². The Hall–Kier alpha value is -3.46. The summed E-state index contributed by atoms with van der Waals surface area (Å²) in [6, 6.07) is 12.4. The van der Waals surface area contributed by atoms with E-state index in [1.165, 1.54) is 46.9 Å². The molecule has 0 saturated carbocycles. The number of hydrogen-bond donors (Lipinski definition) is 0. The highest BCUT2D eigenvalue weighted by atomic mass is 32.1. The Labute approximate surface area is 200 Å². The summed E-state index contributed by atoms with van der Waals surface area (Å²) in [7, 11) is 0. The molecule has 4 nitrogen and oxygen atoms in total. The van der Waals surface area contributed by atoms with Crippen LogP contribution in [-0.4, -0.2) is 9.97 Å². The van der Waals surface area contributed by atoms with Crippen molar-refractivity contribution in [1.82, 2.24) is 9.97 Å². The first kappa shape index (κ1) is 25.8. The number of hydrogen-bond acceptors (Lipinski definition) is 4. The average Bonchev–Trinajstić information content (AvgIpc) is 3.46. The Morgan fingerprint density at radius 2 is 1.30 bits per heavy atom. The molecule has 33 heavy (non-hydrogen) atoms. The van der Waals surface area contributed by atoms with Crippen molar-refractivity contribution >= 4 is 22.7 Å². The van der Waals surface area contributed by atoms with Crippen molar-refractivity contribution in [1.29, 1.82) is 0 Å². The largest absolute Gasteiger partial charge is 0.310 e. The molecule has 0 aliphatic carbocycles. The minimum absolute atomic E-state index is 0. The number of rotatable bonds is 4. The maximum absolute atomic E-state index is 12.8. The number of nitrogens with zero attached hydrogens (tertiary/aromatic N) is 4. The molecule has 0 aliphatic rings. The van der Waals surface area contributed by atoms with Crippen molar-refractivity contribution in [2.75, 3.05) is 0 Å². The molecule has 0 spiro atoms. The number of halogens is 2. The van der Waals surface area contributed by atoms with Crippen LogP contribution in [0.25, 0.3) is 30.8 Å². The van der Waals surface area contributed by atoms with Gasteiger partial charge in [-0.15, -0.1) is 22.7 Å². The van der Waals surface area contributed by atoms with Gasteiger partial charge in [0.2, 0.25) is 0 Å². The van der Waals surface area contributed by atoms with Gasteiger partial charge in [0.05, 0.1) is 0 Å². The molecule has 2 heterocycles. The Morgan fingerprint density at radius 3 is 1.79 bits per heavy atom. The zero-order chi connectivity index (χ0) is 23.1. The van der Waals surface area contributed by atoms with E-state index in [0.717, 1.165) is 32.5 Å². The highest BCUT2D eigenvalue weighted by molar-refractivity contribution is 7.13. The van der Waals surface area contributed by atoms with E-state index in [1.807, 2.05) is 24.6 Å². The summed E-state index contributed by atoms with van der Waals surface area (Å²) in [6.07, 6.45) is 0. The average molecular weight is 481 g/mol. The van der Waals surface area contributed by atoms with Crippen LogP contribution in [-0.2, 0) is 12.1 Å². The quantitative estimate of drug-likeness (QED) is 0.277. The minimum atomic E-state index is -0.602. The minimum Gasteiger partial charge on any atom is -0.310 e. The fourth-order valence-electron chi connectivity index (χ4n) is 2.52. The molecule has 168 valence electrons. The highest BCUT2D eigenvalue weighted by Gasteiger charge is 2.29. The van der Waals surface area contributed by atoms with Crippen LogP contribution >= 0.6 is 22.7 Å². The predicted molar refractivity (Wildman–Crippen MR) is 132 cm³/mol. The third kappa shape index (κ3) is 6.76. The van der Waals surface area contributed by atoms with Gasteiger partial charge < -0.3 is 9.69 Å². The molecule has 0 amide bonds. The van der Waals surface area contributed by atoms with E-state index in [-0.39, 0.29) is 19.1 Å². The molecular formula is C25H22F2N4S2. The third-order valence-electron chi connectivity index (χ3n) is 4.39. The molecule has 4 rings (SSSR count). The topological polar surface area (TPSA) is 34.5 Å². The van der Waals surface area contributed by atoms with Crippen LogP contribution in [0.3, 0.4) is 0 Å². The number of thiazole rings is 2. The molecule has 0 aliphatic heterocycles. The Balaban J connectivity index is 0.000000228. The number of aromatic nitrogens is 2. The molecule has 0 N–H and O–H groups in total. The smallest absolute Gasteiger partial charge is 0.269 e. The van der Waals surface area contributed by atoms with E-state index in [4.69, 9.17) is 13.1 Å². The van der Waals surface area contributed by atoms with Gasteiger partial charge in [-0.25, -0.2) is 31.9 Å². The van der Waals surface area contributed by atoms with Crippen LogP contribution in [0.2, 0.25) is 0 Å². The van der Waals surface area contributed by atoms with Gasteiger partial charge in [-0.3, -0.25) is 0 Å². The molecule has 2 aromatic heterocycles. The van der Waals surface area contributed by atoms with E-state index < -0.39 is 5.54 Å². The lowest BCUT2D eigenvalue weighted by Crippen LogP contribution is -2.11. The van der Waals surface area contributed by atoms with Crippen molar-refractivity contribution in [3.05, 3.63) is 105 Å². The molecule has 0 saturated heterocycles. The second-order valence-electron chi connectivity index (χ2n) is 7.18. The summed E-state index contributed by atoms with van der Waals surface area (Å²) in [4.78, 5) is 15.5. The first-order chi connectivity index (χ1) is 15.3. The lowest BCUT2D eigenvalue weighted by molar-refractivity contribution is 0.627. The first-order valence-electron chi connectivity index (χ1n) is 9.46. The summed E-state index contributed by atoms with van der Waals surface area (Å²) < 4.78 is 25.5. The van der Waals surface area contributed by atoms with Gasteiger partial charge in [0, 0.05) is 35.7 Å². The van der Waals surface area contributed by atoms with E-state index >= 15 is 0 Å². The van der Waals surface area contributed by atoms with Gasteiger partial charge in [0.1, 0.15) is 33.0 Å². The first-order valence-corrected chi connectivity index (χ1v) is 11.2. The predicted octanol–water partition coefficient (Wildman–Crippen LogP) is 8.11. The van der Waals surface area contributed by atoms with Gasteiger partial charge in [0.25, 0.3) is 12.1 Å². The molecule has 0 radical (unpaired) electrons. The van der Waals surface area contributed by atoms with Crippen LogP contribution in [0.5, 0.6) is 0 Å². The Morgan fingerprint density at radius 1 is 0.818 bits per heavy atom. The molecule has 0 fully saturated rings. The summed E-state index contributed by atoms with van der Waals surface area (Å²) in [5.41, 5.74) is 2.70. The molecule has 0 atom stereocenters. The Kier molecular flexibility index (Phi) is 8.93. The van der Waals surface area contributed by atoms with E-state index in [1.54, 1.807) is 24.3 Å². The standard InChI is InChI=1S/C13H11FN2S.C11H7FN2S.CH4/c1-13(2,15-3)11-8-17-12(16-11)9-4-6-10(14)7-5-9;1-13-6-10-7-15-11(14-10)8-2-4-9(12)5-3-8;/h4-8H,1-2H3;2-5,7H,6H2;1H4. The van der Waals surface area contributed by atoms with E-state index in [9.17, 15) is 8.78 Å². The fourth-order valence-corrected chi connectivity index (χ4v) is 4.33. The van der Waals surface area contributed by atoms with E-state index in [2.05, 4.69) is 19.7 Å². The molecular weight excluding hydrogens is 458 g/mol. The SMILES string of the molecule is C.[C-]#[N+]C(C)(C)c1csc(-c2ccc(F)cc2)n1.[C-]#[N+]Cc1csc(-c2ccc(F)cc2)n1. The van der Waals surface area contributed by atoms with Crippen LogP contribution in [0.1, 0.15) is 32.7 Å². The van der Waals surface area contributed by atoms with Crippen LogP contribution in [0, 0.1) is 24.8 Å². The lowest BCUT2D eigenvalue weighted by Gasteiger charge is -2.06. The molecule has 0 unspecified atom stereocenters. The highest BCUT2D eigenvalue weighted by Crippen LogP contribution is 2.31. The molecule has 0 bridgehead atoms. The summed E-state index contributed by atoms with van der Waals surface area (Å²) in [5, 5.41) is 5.39. The molecule has 2 aromatic carbocycles. The third-order valence-corrected chi connectivity index (χ3v) is 6.22. The summed E-state index contributed by atoms with van der Waals surface area (Å²) in [5.74, 6) is -0.510. The maximum Gasteiger partial charge on any atom is 0.269 e. The van der Waals surface area contributed by atoms with Crippen molar-refractivity contribution < 1.29 is 8.78 Å². The van der Waals surface area contributed by atoms with Gasteiger partial charge >= 0.3 is 0 Å². The van der Waals surface area contributed by atoms with E-state index in [0.29, 0.717) is 6.54 Å². The Bertz CT molecular complexity index is 1260. The van der Waals surface area contributed by atoms with Gasteiger partial charge in [-0.05, 0) is 48.5 Å². The maximum atomic E-state index is 12.8. The van der Waals surface area contributed by atoms with Crippen LogP contribution in [0.15, 0.2) is 59.3 Å². The van der Waals surface area contributed by atoms with Crippen molar-refractivity contribution in [2.24, 2.45) is 0 Å². The number of benzene rings is 2. The van der Waals surface area contributed by atoms with Crippen molar-refractivity contribution in [3.8, 4) is 21.1 Å². The monoisotopic (exact) mass is 480 g/mol. The van der Waals surface area contributed by atoms with Gasteiger partial charge in [-0.1, -0.05) is 7.43 Å². The zero-order valence-corrected chi connectivity index (χ0v) is 19.0. The fraction of sp³-hybridized carbons (Fsp3) is 0.200. The molecule has 8 heteroatoms. The van der Waals surface area contributed by atoms with Crippen LogP contribution < -0.4 is 0 Å². The second-order valence-corrected chi connectivity index (χ2v) is 8.90. The van der Waals surface area contributed by atoms with Gasteiger partial charge in [-0.2, -0.15) is 0 Å². The van der Waals surface area contributed by atoms with Crippen LogP contribution in [0.4, 0.5) is 8.78 Å². The van der Waals surface area contributed by atoms with Crippen molar-refractivity contribution in [2.45, 2.75) is 33.4 Å². The van der Waals surface area contributed by atoms with Crippen molar-refractivity contribution in [3.63, 3.8) is 0 Å². The normalized spacial score (nSPS) is 10.2. The molecule has 4 aromatic rings. The zero-order valence-electron chi connectivity index (χ0n) is 17.3. The second kappa shape index (κ2) is 11.4.